The first-order chi connectivity index (χ1) is 12.0. The van der Waals surface area contributed by atoms with Crippen LogP contribution in [-0.4, -0.2) is 66.6 Å². The Morgan fingerprint density at radius 2 is 2.00 bits per heavy atom. The lowest BCUT2D eigenvalue weighted by molar-refractivity contribution is -0.139. The molecule has 2 heterocycles. The van der Waals surface area contributed by atoms with Gasteiger partial charge in [0.25, 0.3) is 5.92 Å². The fourth-order valence-corrected chi connectivity index (χ4v) is 3.68. The molecule has 0 aliphatic carbocycles. The molecule has 3 rings (SSSR count). The fourth-order valence-electron chi connectivity index (χ4n) is 3.68. The lowest BCUT2D eigenvalue weighted by Crippen LogP contribution is -2.62. The van der Waals surface area contributed by atoms with Crippen LogP contribution in [0.2, 0.25) is 0 Å². The van der Waals surface area contributed by atoms with Gasteiger partial charge in [-0.2, -0.15) is 0 Å². The van der Waals surface area contributed by atoms with Gasteiger partial charge in [-0.3, -0.25) is 9.69 Å². The van der Waals surface area contributed by atoms with Crippen LogP contribution in [0, 0.1) is 0 Å². The van der Waals surface area contributed by atoms with E-state index in [1.807, 2.05) is 42.2 Å². The van der Waals surface area contributed by atoms with Crippen molar-refractivity contribution in [2.24, 2.45) is 0 Å². The van der Waals surface area contributed by atoms with Crippen molar-refractivity contribution in [3.05, 3.63) is 35.9 Å². The molecule has 0 bridgehead atoms. The molecule has 2 aliphatic rings. The topological polar surface area (TPSA) is 32.8 Å². The van der Waals surface area contributed by atoms with Crippen molar-refractivity contribution in [1.82, 2.24) is 9.80 Å². The van der Waals surface area contributed by atoms with Crippen LogP contribution in [-0.2, 0) is 16.0 Å². The molecule has 1 atom stereocenters. The number of ether oxygens (including phenoxy) is 1. The van der Waals surface area contributed by atoms with E-state index in [-0.39, 0.29) is 31.0 Å². The molecule has 4 nitrogen and oxygen atoms in total. The van der Waals surface area contributed by atoms with Crippen LogP contribution in [0.3, 0.4) is 0 Å². The SMILES string of the molecule is CCOC[C@@H]1CC(F)(F)CN1C1CN(C(=O)CCc2ccccc2)C1. The van der Waals surface area contributed by atoms with E-state index >= 15 is 0 Å². The van der Waals surface area contributed by atoms with E-state index in [4.69, 9.17) is 4.74 Å². The van der Waals surface area contributed by atoms with Crippen LogP contribution in [0.25, 0.3) is 0 Å². The summed E-state index contributed by atoms with van der Waals surface area (Å²) >= 11 is 0. The number of rotatable bonds is 7. The van der Waals surface area contributed by atoms with Gasteiger partial charge >= 0.3 is 0 Å². The highest BCUT2D eigenvalue weighted by molar-refractivity contribution is 5.77. The van der Waals surface area contributed by atoms with Crippen LogP contribution in [0.1, 0.15) is 25.3 Å². The van der Waals surface area contributed by atoms with Crippen molar-refractivity contribution >= 4 is 5.91 Å². The van der Waals surface area contributed by atoms with E-state index in [0.29, 0.717) is 32.7 Å². The highest BCUT2D eigenvalue weighted by atomic mass is 19.3. The van der Waals surface area contributed by atoms with Crippen LogP contribution in [0.5, 0.6) is 0 Å². The van der Waals surface area contributed by atoms with Crippen molar-refractivity contribution in [3.63, 3.8) is 0 Å². The number of hydrogen-bond acceptors (Lipinski definition) is 3. The van der Waals surface area contributed by atoms with E-state index in [2.05, 4.69) is 0 Å². The second kappa shape index (κ2) is 7.79. The monoisotopic (exact) mass is 352 g/mol. The molecule has 0 saturated carbocycles. The van der Waals surface area contributed by atoms with Gasteiger partial charge in [-0.15, -0.1) is 0 Å². The van der Waals surface area contributed by atoms with Crippen molar-refractivity contribution in [3.8, 4) is 0 Å². The third kappa shape index (κ3) is 4.55. The molecule has 6 heteroatoms. The molecule has 0 spiro atoms. The third-order valence-electron chi connectivity index (χ3n) is 5.09. The smallest absolute Gasteiger partial charge is 0.262 e. The highest BCUT2D eigenvalue weighted by Crippen LogP contribution is 2.35. The molecular weight excluding hydrogens is 326 g/mol. The molecule has 0 radical (unpaired) electrons. The standard InChI is InChI=1S/C19H26F2N2O2/c1-2-25-13-16-10-19(20,21)14-23(16)17-11-22(12-17)18(24)9-8-15-6-4-3-5-7-15/h3-7,16-17H,2,8-14H2,1H3/t16-/m0/s1. The second-order valence-electron chi connectivity index (χ2n) is 6.98. The van der Waals surface area contributed by atoms with Crippen molar-refractivity contribution in [2.45, 2.75) is 44.2 Å². The van der Waals surface area contributed by atoms with Gasteiger partial charge in [0.15, 0.2) is 0 Å². The number of hydrogen-bond donors (Lipinski definition) is 0. The van der Waals surface area contributed by atoms with E-state index in [1.165, 1.54) is 0 Å². The Morgan fingerprint density at radius 1 is 1.28 bits per heavy atom. The quantitative estimate of drug-likeness (QED) is 0.756. The molecule has 2 saturated heterocycles. The Labute approximate surface area is 147 Å². The Morgan fingerprint density at radius 3 is 2.68 bits per heavy atom. The largest absolute Gasteiger partial charge is 0.380 e. The zero-order valence-corrected chi connectivity index (χ0v) is 14.7. The van der Waals surface area contributed by atoms with Crippen LogP contribution in [0.4, 0.5) is 8.78 Å². The van der Waals surface area contributed by atoms with Gasteiger partial charge in [0, 0.05) is 44.6 Å². The molecule has 1 aromatic carbocycles. The summed E-state index contributed by atoms with van der Waals surface area (Å²) in [7, 11) is 0. The van der Waals surface area contributed by atoms with Crippen molar-refractivity contribution < 1.29 is 18.3 Å². The minimum atomic E-state index is -2.65. The average molecular weight is 352 g/mol. The minimum Gasteiger partial charge on any atom is -0.380 e. The van der Waals surface area contributed by atoms with Crippen LogP contribution >= 0.6 is 0 Å². The summed E-state index contributed by atoms with van der Waals surface area (Å²) in [4.78, 5) is 15.9. The van der Waals surface area contributed by atoms with E-state index in [9.17, 15) is 13.6 Å². The number of amides is 1. The molecule has 1 aromatic rings. The summed E-state index contributed by atoms with van der Waals surface area (Å²) < 4.78 is 32.9. The second-order valence-corrected chi connectivity index (χ2v) is 6.98. The van der Waals surface area contributed by atoms with Gasteiger partial charge in [-0.1, -0.05) is 30.3 Å². The minimum absolute atomic E-state index is 0.0273. The van der Waals surface area contributed by atoms with Gasteiger partial charge in [0.2, 0.25) is 5.91 Å². The molecule has 2 fully saturated rings. The molecule has 1 amide bonds. The van der Waals surface area contributed by atoms with Crippen molar-refractivity contribution in [1.29, 1.82) is 0 Å². The Balaban J connectivity index is 1.46. The predicted molar refractivity (Wildman–Crippen MR) is 91.7 cm³/mol. The van der Waals surface area contributed by atoms with Gasteiger partial charge in [-0.25, -0.2) is 8.78 Å². The lowest BCUT2D eigenvalue weighted by Gasteiger charge is -2.46. The van der Waals surface area contributed by atoms with Gasteiger partial charge in [0.1, 0.15) is 0 Å². The summed E-state index contributed by atoms with van der Waals surface area (Å²) in [6, 6.07) is 9.68. The molecule has 2 aliphatic heterocycles. The maximum Gasteiger partial charge on any atom is 0.262 e. The third-order valence-corrected chi connectivity index (χ3v) is 5.09. The summed E-state index contributed by atoms with van der Waals surface area (Å²) in [6.45, 7) is 3.61. The Kier molecular flexibility index (Phi) is 5.69. The molecule has 0 unspecified atom stereocenters. The Hall–Kier alpha value is -1.53. The summed E-state index contributed by atoms with van der Waals surface area (Å²) in [6.07, 6.45) is 1.04. The normalized spacial score (nSPS) is 23.6. The fraction of sp³-hybridized carbons (Fsp3) is 0.632. The molecule has 25 heavy (non-hydrogen) atoms. The van der Waals surface area contributed by atoms with Gasteiger partial charge < -0.3 is 9.64 Å². The molecule has 0 N–H and O–H groups in total. The van der Waals surface area contributed by atoms with Gasteiger partial charge in [-0.05, 0) is 18.9 Å². The number of likely N-dealkylation sites (tertiary alicyclic amines) is 2. The lowest BCUT2D eigenvalue weighted by atomic mass is 10.0. The highest BCUT2D eigenvalue weighted by Gasteiger charge is 2.50. The first-order valence-electron chi connectivity index (χ1n) is 9.01. The van der Waals surface area contributed by atoms with Crippen molar-refractivity contribution in [2.75, 3.05) is 32.8 Å². The first-order valence-corrected chi connectivity index (χ1v) is 9.01. The predicted octanol–water partition coefficient (Wildman–Crippen LogP) is 2.58. The maximum atomic E-state index is 13.8. The van der Waals surface area contributed by atoms with E-state index in [0.717, 1.165) is 12.0 Å². The number of carbonyl (C=O) groups excluding carboxylic acids is 1. The number of nitrogens with zero attached hydrogens (tertiary/aromatic N) is 2. The Bertz CT molecular complexity index is 576. The van der Waals surface area contributed by atoms with E-state index < -0.39 is 5.92 Å². The summed E-state index contributed by atoms with van der Waals surface area (Å²) in [5.74, 6) is -2.55. The molecule has 0 aromatic heterocycles. The average Bonchev–Trinajstić information content (AvgIpc) is 2.85. The number of alkyl halides is 2. The molecule has 138 valence electrons. The molecular formula is C19H26F2N2O2. The maximum absolute atomic E-state index is 13.8. The van der Waals surface area contributed by atoms with Crippen LogP contribution < -0.4 is 0 Å². The number of carbonyl (C=O) groups is 1. The van der Waals surface area contributed by atoms with Gasteiger partial charge in [0.05, 0.1) is 13.2 Å². The zero-order chi connectivity index (χ0) is 17.9. The number of benzene rings is 1. The number of halogens is 2. The number of aryl methyl sites for hydroxylation is 1. The summed E-state index contributed by atoms with van der Waals surface area (Å²) in [5.41, 5.74) is 1.14. The zero-order valence-electron chi connectivity index (χ0n) is 14.7. The van der Waals surface area contributed by atoms with E-state index in [1.54, 1.807) is 4.90 Å². The van der Waals surface area contributed by atoms with Crippen LogP contribution in [0.15, 0.2) is 30.3 Å². The summed E-state index contributed by atoms with van der Waals surface area (Å²) in [5, 5.41) is 0. The first kappa shape index (κ1) is 18.3.